The second kappa shape index (κ2) is 13.4. The molecule has 178 valence electrons. The number of hydrogen-bond donors (Lipinski definition) is 2. The van der Waals surface area contributed by atoms with Gasteiger partial charge in [-0.1, -0.05) is 23.7 Å². The summed E-state index contributed by atoms with van der Waals surface area (Å²) in [5.41, 5.74) is 0.376. The minimum absolute atomic E-state index is 0.157. The Kier molecular flexibility index (Phi) is 10.2. The van der Waals surface area contributed by atoms with Crippen molar-refractivity contribution in [2.45, 2.75) is 18.9 Å². The van der Waals surface area contributed by atoms with E-state index >= 15 is 0 Å². The van der Waals surface area contributed by atoms with Gasteiger partial charge in [0, 0.05) is 45.1 Å². The SMILES string of the molecule is CSCCC(NC(=O)c1ccccc1Cl)C(=O)NCCCN1CCN(c2ncccn2)CC1. The molecule has 1 aromatic carbocycles. The summed E-state index contributed by atoms with van der Waals surface area (Å²) in [6.45, 7) is 5.14. The first-order valence-corrected chi connectivity index (χ1v) is 12.9. The number of amides is 2. The van der Waals surface area contributed by atoms with Crippen LogP contribution >= 0.6 is 23.4 Å². The molecule has 2 amide bonds. The molecule has 1 atom stereocenters. The van der Waals surface area contributed by atoms with Crippen LogP contribution in [0.15, 0.2) is 42.7 Å². The minimum Gasteiger partial charge on any atom is -0.354 e. The highest BCUT2D eigenvalue weighted by atomic mass is 35.5. The first kappa shape index (κ1) is 25.3. The second-order valence-corrected chi connectivity index (χ2v) is 9.20. The number of nitrogens with one attached hydrogen (secondary N) is 2. The second-order valence-electron chi connectivity index (χ2n) is 7.81. The molecule has 33 heavy (non-hydrogen) atoms. The molecule has 2 N–H and O–H groups in total. The van der Waals surface area contributed by atoms with E-state index in [9.17, 15) is 9.59 Å². The highest BCUT2D eigenvalue weighted by Gasteiger charge is 2.22. The molecule has 2 heterocycles. The van der Waals surface area contributed by atoms with Crippen molar-refractivity contribution in [1.29, 1.82) is 0 Å². The smallest absolute Gasteiger partial charge is 0.253 e. The fraction of sp³-hybridized carbons (Fsp3) is 0.478. The number of hydrogen-bond acceptors (Lipinski definition) is 7. The van der Waals surface area contributed by atoms with Gasteiger partial charge >= 0.3 is 0 Å². The number of halogens is 1. The molecule has 1 aliphatic heterocycles. The maximum absolute atomic E-state index is 12.7. The van der Waals surface area contributed by atoms with Crippen LogP contribution in [-0.4, -0.2) is 84.0 Å². The number of carbonyl (C=O) groups excluding carboxylic acids is 2. The molecule has 1 fully saturated rings. The van der Waals surface area contributed by atoms with Crippen LogP contribution in [0.2, 0.25) is 5.02 Å². The lowest BCUT2D eigenvalue weighted by atomic mass is 10.1. The van der Waals surface area contributed by atoms with E-state index in [0.29, 0.717) is 23.6 Å². The predicted octanol–water partition coefficient (Wildman–Crippen LogP) is 2.31. The summed E-state index contributed by atoms with van der Waals surface area (Å²) in [5.74, 6) is 1.06. The molecule has 0 bridgehead atoms. The molecule has 0 spiro atoms. The van der Waals surface area contributed by atoms with Crippen molar-refractivity contribution < 1.29 is 9.59 Å². The molecule has 0 aliphatic carbocycles. The Morgan fingerprint density at radius 1 is 1.12 bits per heavy atom. The first-order chi connectivity index (χ1) is 16.1. The zero-order valence-electron chi connectivity index (χ0n) is 18.9. The number of thioether (sulfide) groups is 1. The van der Waals surface area contributed by atoms with Gasteiger partial charge in [-0.15, -0.1) is 0 Å². The summed E-state index contributed by atoms with van der Waals surface area (Å²) in [4.78, 5) is 38.6. The van der Waals surface area contributed by atoms with Crippen LogP contribution in [0.25, 0.3) is 0 Å². The van der Waals surface area contributed by atoms with E-state index < -0.39 is 6.04 Å². The Morgan fingerprint density at radius 3 is 2.55 bits per heavy atom. The summed E-state index contributed by atoms with van der Waals surface area (Å²) < 4.78 is 0. The fourth-order valence-corrected chi connectivity index (χ4v) is 4.34. The van der Waals surface area contributed by atoms with E-state index in [1.165, 1.54) is 0 Å². The maximum atomic E-state index is 12.7. The number of anilines is 1. The van der Waals surface area contributed by atoms with E-state index in [-0.39, 0.29) is 11.8 Å². The van der Waals surface area contributed by atoms with Crippen molar-refractivity contribution in [2.24, 2.45) is 0 Å². The van der Waals surface area contributed by atoms with Crippen molar-refractivity contribution >= 4 is 41.1 Å². The van der Waals surface area contributed by atoms with Crippen LogP contribution in [-0.2, 0) is 4.79 Å². The molecule has 1 saturated heterocycles. The first-order valence-electron chi connectivity index (χ1n) is 11.1. The summed E-state index contributed by atoms with van der Waals surface area (Å²) in [7, 11) is 0. The highest BCUT2D eigenvalue weighted by Crippen LogP contribution is 2.15. The Balaban J connectivity index is 1.40. The number of piperazine rings is 1. The molecule has 1 unspecified atom stereocenters. The van der Waals surface area contributed by atoms with E-state index in [1.807, 2.05) is 12.3 Å². The molecule has 10 heteroatoms. The predicted molar refractivity (Wildman–Crippen MR) is 134 cm³/mol. The third-order valence-corrected chi connectivity index (χ3v) is 6.48. The number of benzene rings is 1. The number of carbonyl (C=O) groups is 2. The lowest BCUT2D eigenvalue weighted by molar-refractivity contribution is -0.123. The quantitative estimate of drug-likeness (QED) is 0.467. The van der Waals surface area contributed by atoms with Gasteiger partial charge in [-0.25, -0.2) is 9.97 Å². The third kappa shape index (κ3) is 7.87. The summed E-state index contributed by atoms with van der Waals surface area (Å²) >= 11 is 7.77. The Morgan fingerprint density at radius 2 is 1.85 bits per heavy atom. The Bertz CT molecular complexity index is 896. The van der Waals surface area contributed by atoms with Gasteiger partial charge in [0.15, 0.2) is 0 Å². The minimum atomic E-state index is -0.587. The normalized spacial score (nSPS) is 15.2. The van der Waals surface area contributed by atoms with Crippen LogP contribution < -0.4 is 15.5 Å². The monoisotopic (exact) mass is 490 g/mol. The zero-order valence-corrected chi connectivity index (χ0v) is 20.4. The highest BCUT2D eigenvalue weighted by molar-refractivity contribution is 7.98. The van der Waals surface area contributed by atoms with E-state index in [1.54, 1.807) is 48.4 Å². The van der Waals surface area contributed by atoms with E-state index in [0.717, 1.165) is 50.8 Å². The molecule has 1 aliphatic rings. The van der Waals surface area contributed by atoms with E-state index in [4.69, 9.17) is 11.6 Å². The molecule has 0 saturated carbocycles. The average molecular weight is 491 g/mol. The van der Waals surface area contributed by atoms with Crippen LogP contribution in [0.1, 0.15) is 23.2 Å². The third-order valence-electron chi connectivity index (χ3n) is 5.51. The fourth-order valence-electron chi connectivity index (χ4n) is 3.65. The topological polar surface area (TPSA) is 90.5 Å². The van der Waals surface area contributed by atoms with Crippen LogP contribution in [0.3, 0.4) is 0 Å². The van der Waals surface area contributed by atoms with Gasteiger partial charge in [-0.3, -0.25) is 14.5 Å². The van der Waals surface area contributed by atoms with Crippen molar-refractivity contribution in [3.05, 3.63) is 53.3 Å². The molecule has 2 aromatic rings. The van der Waals surface area contributed by atoms with Crippen LogP contribution in [0, 0.1) is 0 Å². The number of nitrogens with zero attached hydrogens (tertiary/aromatic N) is 4. The number of aromatic nitrogens is 2. The van der Waals surface area contributed by atoms with Gasteiger partial charge in [0.2, 0.25) is 11.9 Å². The molecular weight excluding hydrogens is 460 g/mol. The van der Waals surface area contributed by atoms with E-state index in [2.05, 4.69) is 30.4 Å². The largest absolute Gasteiger partial charge is 0.354 e. The Hall–Kier alpha value is -2.36. The van der Waals surface area contributed by atoms with Crippen molar-refractivity contribution in [3.8, 4) is 0 Å². The molecule has 8 nitrogen and oxygen atoms in total. The van der Waals surface area contributed by atoms with Crippen molar-refractivity contribution in [2.75, 3.05) is 56.2 Å². The molecular formula is C23H31ClN6O2S. The van der Waals surface area contributed by atoms with Crippen molar-refractivity contribution in [1.82, 2.24) is 25.5 Å². The molecule has 1 aromatic heterocycles. The van der Waals surface area contributed by atoms with Gasteiger partial charge in [-0.05, 0) is 49.6 Å². The summed E-state index contributed by atoms with van der Waals surface area (Å²) in [5, 5.41) is 6.20. The lowest BCUT2D eigenvalue weighted by Crippen LogP contribution is -2.49. The standard InChI is InChI=1S/C23H31ClN6O2S/c1-33-17-8-20(28-21(31)18-6-2-3-7-19(18)24)22(32)25-11-5-12-29-13-15-30(16-14-29)23-26-9-4-10-27-23/h2-4,6-7,9-10,20H,5,8,11-17H2,1H3,(H,25,32)(H,28,31). The Labute approximate surface area is 204 Å². The molecule has 0 radical (unpaired) electrons. The van der Waals surface area contributed by atoms with Gasteiger partial charge in [0.05, 0.1) is 10.6 Å². The molecule has 3 rings (SSSR count). The zero-order chi connectivity index (χ0) is 23.5. The summed E-state index contributed by atoms with van der Waals surface area (Å²) in [6, 6.07) is 8.08. The van der Waals surface area contributed by atoms with Gasteiger partial charge in [-0.2, -0.15) is 11.8 Å². The van der Waals surface area contributed by atoms with Crippen molar-refractivity contribution in [3.63, 3.8) is 0 Å². The van der Waals surface area contributed by atoms with Crippen LogP contribution in [0.5, 0.6) is 0 Å². The average Bonchev–Trinajstić information content (AvgIpc) is 2.85. The lowest BCUT2D eigenvalue weighted by Gasteiger charge is -2.34. The van der Waals surface area contributed by atoms with Crippen LogP contribution in [0.4, 0.5) is 5.95 Å². The summed E-state index contributed by atoms with van der Waals surface area (Å²) in [6.07, 6.45) is 6.92. The van der Waals surface area contributed by atoms with Gasteiger partial charge in [0.1, 0.15) is 6.04 Å². The maximum Gasteiger partial charge on any atom is 0.253 e. The van der Waals surface area contributed by atoms with Gasteiger partial charge in [0.25, 0.3) is 5.91 Å². The van der Waals surface area contributed by atoms with Gasteiger partial charge < -0.3 is 15.5 Å². The number of rotatable bonds is 11.